The Morgan fingerprint density at radius 3 is 2.08 bits per heavy atom. The SMILES string of the molecule is C1=CNSC=C1.Clc1ccccc1. The molecule has 0 spiro atoms. The maximum atomic E-state index is 5.54. The summed E-state index contributed by atoms with van der Waals surface area (Å²) in [6.45, 7) is 0. The summed E-state index contributed by atoms with van der Waals surface area (Å²) in [5, 5.41) is 2.78. The zero-order valence-electron chi connectivity index (χ0n) is 6.98. The Morgan fingerprint density at radius 1 is 1.08 bits per heavy atom. The van der Waals surface area contributed by atoms with Crippen molar-refractivity contribution in [2.45, 2.75) is 0 Å². The van der Waals surface area contributed by atoms with Crippen molar-refractivity contribution >= 4 is 23.5 Å². The predicted molar refractivity (Wildman–Crippen MR) is 60.5 cm³/mol. The number of benzene rings is 1. The topological polar surface area (TPSA) is 12.0 Å². The Hall–Kier alpha value is -0.860. The van der Waals surface area contributed by atoms with E-state index in [9.17, 15) is 0 Å². The molecule has 13 heavy (non-hydrogen) atoms. The van der Waals surface area contributed by atoms with Gasteiger partial charge in [0.05, 0.1) is 0 Å². The van der Waals surface area contributed by atoms with Crippen LogP contribution in [0.5, 0.6) is 0 Å². The van der Waals surface area contributed by atoms with Crippen molar-refractivity contribution in [2.24, 2.45) is 0 Å². The van der Waals surface area contributed by atoms with Crippen LogP contribution in [0.1, 0.15) is 0 Å². The van der Waals surface area contributed by atoms with Gasteiger partial charge in [0.1, 0.15) is 0 Å². The first-order valence-electron chi connectivity index (χ1n) is 3.83. The van der Waals surface area contributed by atoms with E-state index in [1.807, 2.05) is 54.1 Å². The third-order valence-electron chi connectivity index (χ3n) is 1.22. The fourth-order valence-corrected chi connectivity index (χ4v) is 1.22. The van der Waals surface area contributed by atoms with E-state index in [2.05, 4.69) is 4.72 Å². The summed E-state index contributed by atoms with van der Waals surface area (Å²) in [4.78, 5) is 0. The first kappa shape index (κ1) is 10.2. The van der Waals surface area contributed by atoms with Crippen LogP contribution in [0.2, 0.25) is 5.02 Å². The zero-order chi connectivity index (χ0) is 9.36. The molecule has 0 saturated carbocycles. The van der Waals surface area contributed by atoms with E-state index in [1.165, 1.54) is 0 Å². The van der Waals surface area contributed by atoms with Crippen molar-refractivity contribution in [2.75, 3.05) is 0 Å². The van der Waals surface area contributed by atoms with Crippen LogP contribution in [-0.2, 0) is 0 Å². The molecule has 0 fully saturated rings. The minimum absolute atomic E-state index is 0.794. The van der Waals surface area contributed by atoms with Gasteiger partial charge in [0.2, 0.25) is 0 Å². The van der Waals surface area contributed by atoms with E-state index < -0.39 is 0 Å². The Kier molecular flexibility index (Phi) is 5.22. The number of hydrogen-bond acceptors (Lipinski definition) is 2. The van der Waals surface area contributed by atoms with Crippen molar-refractivity contribution in [3.8, 4) is 0 Å². The predicted octanol–water partition coefficient (Wildman–Crippen LogP) is 3.61. The normalized spacial score (nSPS) is 12.7. The maximum absolute atomic E-state index is 5.54. The van der Waals surface area contributed by atoms with Gasteiger partial charge in [-0.1, -0.05) is 35.9 Å². The van der Waals surface area contributed by atoms with Crippen LogP contribution in [0.3, 0.4) is 0 Å². The number of allylic oxidation sites excluding steroid dienone is 2. The average Bonchev–Trinajstić information content (AvgIpc) is 2.22. The highest BCUT2D eigenvalue weighted by atomic mass is 35.5. The molecule has 0 saturated heterocycles. The van der Waals surface area contributed by atoms with E-state index >= 15 is 0 Å². The van der Waals surface area contributed by atoms with E-state index in [0.29, 0.717) is 0 Å². The van der Waals surface area contributed by atoms with E-state index in [1.54, 1.807) is 11.9 Å². The molecule has 68 valence electrons. The minimum Gasteiger partial charge on any atom is -0.333 e. The van der Waals surface area contributed by atoms with Crippen molar-refractivity contribution < 1.29 is 0 Å². The minimum atomic E-state index is 0.794. The highest BCUT2D eigenvalue weighted by Gasteiger charge is 1.75. The van der Waals surface area contributed by atoms with Crippen LogP contribution in [0.4, 0.5) is 0 Å². The molecule has 0 bridgehead atoms. The van der Waals surface area contributed by atoms with Gasteiger partial charge in [-0.15, -0.1) is 0 Å². The zero-order valence-corrected chi connectivity index (χ0v) is 8.55. The van der Waals surface area contributed by atoms with Crippen molar-refractivity contribution in [1.82, 2.24) is 4.72 Å². The molecule has 0 unspecified atom stereocenters. The van der Waals surface area contributed by atoms with Crippen LogP contribution in [0, 0.1) is 0 Å². The number of rotatable bonds is 0. The van der Waals surface area contributed by atoms with Gasteiger partial charge in [0.25, 0.3) is 0 Å². The molecule has 0 atom stereocenters. The molecular formula is C10H10ClNS. The van der Waals surface area contributed by atoms with Gasteiger partial charge in [-0.3, -0.25) is 0 Å². The summed E-state index contributed by atoms with van der Waals surface area (Å²) in [5.74, 6) is 0. The Balaban J connectivity index is 0.000000132. The van der Waals surface area contributed by atoms with Gasteiger partial charge in [-0.2, -0.15) is 0 Å². The molecule has 1 aliphatic heterocycles. The molecule has 2 rings (SSSR count). The number of halogens is 1. The first-order valence-corrected chi connectivity index (χ1v) is 5.09. The van der Waals surface area contributed by atoms with Gasteiger partial charge in [0.15, 0.2) is 0 Å². The van der Waals surface area contributed by atoms with Crippen LogP contribution in [-0.4, -0.2) is 0 Å². The largest absolute Gasteiger partial charge is 0.333 e. The molecule has 1 nitrogen and oxygen atoms in total. The maximum Gasteiger partial charge on any atom is 0.0405 e. The third-order valence-corrected chi connectivity index (χ3v) is 2.04. The van der Waals surface area contributed by atoms with Crippen molar-refractivity contribution in [3.05, 3.63) is 59.1 Å². The van der Waals surface area contributed by atoms with Gasteiger partial charge in [0, 0.05) is 11.2 Å². The van der Waals surface area contributed by atoms with Gasteiger partial charge < -0.3 is 4.72 Å². The quantitative estimate of drug-likeness (QED) is 0.658. The third kappa shape index (κ3) is 5.39. The molecular weight excluding hydrogens is 202 g/mol. The second-order valence-electron chi connectivity index (χ2n) is 2.22. The standard InChI is InChI=1S/C6H5Cl.C4H5NS/c7-6-4-2-1-3-5-6;1-2-4-6-5-3-1/h1-5H;1-5H. The lowest BCUT2D eigenvalue weighted by molar-refractivity contribution is 1.42. The monoisotopic (exact) mass is 211 g/mol. The lowest BCUT2D eigenvalue weighted by Crippen LogP contribution is -1.88. The Labute approximate surface area is 87.6 Å². The molecule has 0 aromatic heterocycles. The smallest absolute Gasteiger partial charge is 0.0405 e. The van der Waals surface area contributed by atoms with E-state index in [-0.39, 0.29) is 0 Å². The van der Waals surface area contributed by atoms with Crippen LogP contribution < -0.4 is 4.72 Å². The highest BCUT2D eigenvalue weighted by molar-refractivity contribution is 8.00. The first-order chi connectivity index (χ1) is 6.39. The lowest BCUT2D eigenvalue weighted by atomic mass is 10.4. The van der Waals surface area contributed by atoms with Gasteiger partial charge >= 0.3 is 0 Å². The van der Waals surface area contributed by atoms with Gasteiger partial charge in [-0.05, 0) is 35.6 Å². The summed E-state index contributed by atoms with van der Waals surface area (Å²) < 4.78 is 2.93. The number of nitrogens with one attached hydrogen (secondary N) is 1. The van der Waals surface area contributed by atoms with Gasteiger partial charge in [-0.25, -0.2) is 0 Å². The van der Waals surface area contributed by atoms with Crippen LogP contribution >= 0.6 is 23.5 Å². The second-order valence-corrected chi connectivity index (χ2v) is 3.40. The van der Waals surface area contributed by atoms with Crippen LogP contribution in [0.15, 0.2) is 54.1 Å². The molecule has 1 aliphatic rings. The fourth-order valence-electron chi connectivity index (χ4n) is 0.673. The molecule has 0 amide bonds. The molecule has 3 heteroatoms. The highest BCUT2D eigenvalue weighted by Crippen LogP contribution is 2.03. The molecule has 1 aromatic rings. The molecule has 1 N–H and O–H groups in total. The Morgan fingerprint density at radius 2 is 1.85 bits per heavy atom. The van der Waals surface area contributed by atoms with E-state index in [0.717, 1.165) is 5.02 Å². The van der Waals surface area contributed by atoms with Crippen molar-refractivity contribution in [1.29, 1.82) is 0 Å². The lowest BCUT2D eigenvalue weighted by Gasteiger charge is -1.93. The molecule has 1 aromatic carbocycles. The average molecular weight is 212 g/mol. The summed E-state index contributed by atoms with van der Waals surface area (Å²) in [7, 11) is 0. The fraction of sp³-hybridized carbons (Fsp3) is 0. The molecule has 0 aliphatic carbocycles. The summed E-state index contributed by atoms with van der Waals surface area (Å²) in [5.41, 5.74) is 0. The second kappa shape index (κ2) is 6.63. The molecule has 1 heterocycles. The van der Waals surface area contributed by atoms with Crippen LogP contribution in [0.25, 0.3) is 0 Å². The Bertz CT molecular complexity index is 270. The summed E-state index contributed by atoms with van der Waals surface area (Å²) in [6.07, 6.45) is 5.84. The van der Waals surface area contributed by atoms with Crippen molar-refractivity contribution in [3.63, 3.8) is 0 Å². The number of hydrogen-bond donors (Lipinski definition) is 1. The molecule has 0 radical (unpaired) electrons. The van der Waals surface area contributed by atoms with E-state index in [4.69, 9.17) is 11.6 Å². The summed E-state index contributed by atoms with van der Waals surface area (Å²) >= 11 is 7.12. The summed E-state index contributed by atoms with van der Waals surface area (Å²) in [6, 6.07) is 9.44.